The van der Waals surface area contributed by atoms with Crippen LogP contribution >= 0.6 is 0 Å². The van der Waals surface area contributed by atoms with Gasteiger partial charge in [-0.1, -0.05) is 6.58 Å². The van der Waals surface area contributed by atoms with Crippen LogP contribution in [0.2, 0.25) is 0 Å². The van der Waals surface area contributed by atoms with E-state index in [1.807, 2.05) is 4.98 Å². The molecular weight excluding hydrogens is 260 g/mol. The molecule has 9 nitrogen and oxygen atoms in total. The van der Waals surface area contributed by atoms with Crippen LogP contribution in [-0.4, -0.2) is 38.7 Å². The molecule has 0 fully saturated rings. The quantitative estimate of drug-likeness (QED) is 0.522. The van der Waals surface area contributed by atoms with Gasteiger partial charge in [0.25, 0.3) is 5.56 Å². The molecule has 1 rings (SSSR count). The smallest absolute Gasteiger partial charge is 0.341 e. The minimum atomic E-state index is -1.20. The molecule has 0 saturated heterocycles. The fraction of sp³-hybridized carbons (Fsp3) is 0.200. The Morgan fingerprint density at radius 1 is 1.37 bits per heavy atom. The first-order valence-electron chi connectivity index (χ1n) is 4.79. The molecule has 0 radical (unpaired) electrons. The van der Waals surface area contributed by atoms with Crippen molar-refractivity contribution in [1.82, 2.24) is 9.97 Å². The zero-order valence-corrected chi connectivity index (χ0v) is 9.93. The largest absolute Gasteiger partial charge is 0.479 e. The number of carboxylic acid groups (broad SMARTS) is 2. The van der Waals surface area contributed by atoms with E-state index >= 15 is 0 Å². The normalized spacial score (nSPS) is 8.89. The Bertz CT molecular complexity index is 572. The lowest BCUT2D eigenvalue weighted by Crippen LogP contribution is -2.24. The Hall–Kier alpha value is -2.84. The molecule has 19 heavy (non-hydrogen) atoms. The van der Waals surface area contributed by atoms with Crippen LogP contribution in [0, 0.1) is 0 Å². The third-order valence-corrected chi connectivity index (χ3v) is 1.50. The summed E-state index contributed by atoms with van der Waals surface area (Å²) in [5.41, 5.74) is -1.26. The molecular formula is C10H12N2O7. The number of carbonyl (C=O) groups is 2. The van der Waals surface area contributed by atoms with Crippen molar-refractivity contribution < 1.29 is 24.5 Å². The summed E-state index contributed by atoms with van der Waals surface area (Å²) in [6.45, 7) is 3.97. The van der Waals surface area contributed by atoms with Gasteiger partial charge < -0.3 is 19.9 Å². The zero-order chi connectivity index (χ0) is 15.0. The maximum absolute atomic E-state index is 10.9. The average molecular weight is 272 g/mol. The van der Waals surface area contributed by atoms with Crippen molar-refractivity contribution in [3.8, 4) is 5.75 Å². The first-order valence-corrected chi connectivity index (χ1v) is 4.79. The number of nitrogens with one attached hydrogen (secondary N) is 2. The molecule has 0 aromatic carbocycles. The van der Waals surface area contributed by atoms with Gasteiger partial charge in [-0.25, -0.2) is 14.4 Å². The van der Waals surface area contributed by atoms with Gasteiger partial charge in [0.1, 0.15) is 0 Å². The molecule has 0 unspecified atom stereocenters. The van der Waals surface area contributed by atoms with Crippen molar-refractivity contribution in [2.75, 3.05) is 6.61 Å². The number of H-pyrrole nitrogens is 2. The molecule has 0 saturated carbocycles. The molecule has 1 heterocycles. The number of hydrogen-bond donors (Lipinski definition) is 4. The molecule has 104 valence electrons. The fourth-order valence-corrected chi connectivity index (χ4v) is 0.644. The molecule has 0 aliphatic rings. The molecule has 0 bridgehead atoms. The number of hydrogen-bond acceptors (Lipinski definition) is 5. The lowest BCUT2D eigenvalue weighted by atomic mass is 10.4. The second kappa shape index (κ2) is 7.48. The van der Waals surface area contributed by atoms with Crippen LogP contribution in [0.4, 0.5) is 0 Å². The van der Waals surface area contributed by atoms with Crippen molar-refractivity contribution in [1.29, 1.82) is 0 Å². The first kappa shape index (κ1) is 16.2. The van der Waals surface area contributed by atoms with E-state index < -0.39 is 29.8 Å². The summed E-state index contributed by atoms with van der Waals surface area (Å²) in [5.74, 6) is -2.37. The SMILES string of the molecule is C=C(C)C(=O)O.O=C(O)COc1c[nH]c(=O)[nH]c1=O. The predicted octanol–water partition coefficient (Wildman–Crippen LogP) is -0.826. The molecule has 1 aromatic rings. The standard InChI is InChI=1S/C6H6N2O5.C4H6O2/c9-4(10)2-13-3-1-7-6(12)8-5(3)11;1-3(2)4(5)6/h1H,2H2,(H,9,10)(H2,7,8,11,12);1H2,2H3,(H,5,6). The molecule has 0 aliphatic heterocycles. The zero-order valence-electron chi connectivity index (χ0n) is 9.93. The minimum Gasteiger partial charge on any atom is -0.479 e. The van der Waals surface area contributed by atoms with Crippen molar-refractivity contribution in [3.63, 3.8) is 0 Å². The van der Waals surface area contributed by atoms with Crippen LogP contribution in [0.25, 0.3) is 0 Å². The number of aliphatic carboxylic acids is 2. The maximum atomic E-state index is 10.9. The highest BCUT2D eigenvalue weighted by Crippen LogP contribution is 1.94. The second-order valence-corrected chi connectivity index (χ2v) is 3.20. The van der Waals surface area contributed by atoms with Crippen molar-refractivity contribution in [3.05, 3.63) is 39.2 Å². The second-order valence-electron chi connectivity index (χ2n) is 3.20. The number of ether oxygens (including phenoxy) is 1. The Kier molecular flexibility index (Phi) is 6.36. The maximum Gasteiger partial charge on any atom is 0.341 e. The van der Waals surface area contributed by atoms with E-state index in [0.29, 0.717) is 0 Å². The van der Waals surface area contributed by atoms with E-state index in [-0.39, 0.29) is 11.3 Å². The van der Waals surface area contributed by atoms with Crippen molar-refractivity contribution in [2.24, 2.45) is 0 Å². The predicted molar refractivity (Wildman–Crippen MR) is 63.3 cm³/mol. The van der Waals surface area contributed by atoms with Gasteiger partial charge in [-0.15, -0.1) is 0 Å². The summed E-state index contributed by atoms with van der Waals surface area (Å²) in [6, 6.07) is 0. The van der Waals surface area contributed by atoms with Gasteiger partial charge in [0.15, 0.2) is 6.61 Å². The van der Waals surface area contributed by atoms with E-state index in [9.17, 15) is 19.2 Å². The third kappa shape index (κ3) is 7.15. The summed E-state index contributed by atoms with van der Waals surface area (Å²) in [4.78, 5) is 45.0. The lowest BCUT2D eigenvalue weighted by molar-refractivity contribution is -0.139. The van der Waals surface area contributed by atoms with Crippen molar-refractivity contribution >= 4 is 11.9 Å². The Morgan fingerprint density at radius 2 is 1.89 bits per heavy atom. The van der Waals surface area contributed by atoms with Gasteiger partial charge in [-0.3, -0.25) is 9.78 Å². The molecule has 0 spiro atoms. The summed E-state index contributed by atoms with van der Waals surface area (Å²) in [6.07, 6.45) is 1.00. The van der Waals surface area contributed by atoms with E-state index in [0.717, 1.165) is 6.20 Å². The third-order valence-electron chi connectivity index (χ3n) is 1.50. The molecule has 9 heteroatoms. The van der Waals surface area contributed by atoms with E-state index in [2.05, 4.69) is 16.3 Å². The van der Waals surface area contributed by atoms with Crippen LogP contribution < -0.4 is 16.0 Å². The molecule has 0 atom stereocenters. The summed E-state index contributed by atoms with van der Waals surface area (Å²) >= 11 is 0. The lowest BCUT2D eigenvalue weighted by Gasteiger charge is -1.99. The highest BCUT2D eigenvalue weighted by molar-refractivity contribution is 5.84. The molecule has 1 aromatic heterocycles. The van der Waals surface area contributed by atoms with Gasteiger partial charge in [0.05, 0.1) is 6.20 Å². The van der Waals surface area contributed by atoms with Crippen LogP contribution in [0.5, 0.6) is 5.75 Å². The van der Waals surface area contributed by atoms with Gasteiger partial charge in [-0.05, 0) is 6.92 Å². The summed E-state index contributed by atoms with van der Waals surface area (Å²) in [7, 11) is 0. The van der Waals surface area contributed by atoms with Crippen LogP contribution in [-0.2, 0) is 9.59 Å². The van der Waals surface area contributed by atoms with E-state index in [1.54, 1.807) is 0 Å². The average Bonchev–Trinajstić information content (AvgIpc) is 2.28. The Labute approximate surface area is 106 Å². The molecule has 4 N–H and O–H groups in total. The van der Waals surface area contributed by atoms with Gasteiger partial charge in [0, 0.05) is 5.57 Å². The van der Waals surface area contributed by atoms with Crippen LogP contribution in [0.1, 0.15) is 6.92 Å². The highest BCUT2D eigenvalue weighted by Gasteiger charge is 2.03. The highest BCUT2D eigenvalue weighted by atomic mass is 16.5. The fourth-order valence-electron chi connectivity index (χ4n) is 0.644. The number of aromatic nitrogens is 2. The van der Waals surface area contributed by atoms with Gasteiger partial charge in [-0.2, -0.15) is 0 Å². The van der Waals surface area contributed by atoms with E-state index in [4.69, 9.17) is 10.2 Å². The van der Waals surface area contributed by atoms with Crippen LogP contribution in [0.3, 0.4) is 0 Å². The van der Waals surface area contributed by atoms with Gasteiger partial charge in [0.2, 0.25) is 5.75 Å². The number of rotatable bonds is 4. The molecule has 0 aliphatic carbocycles. The monoisotopic (exact) mass is 272 g/mol. The van der Waals surface area contributed by atoms with Crippen molar-refractivity contribution in [2.45, 2.75) is 6.92 Å². The van der Waals surface area contributed by atoms with E-state index in [1.165, 1.54) is 6.92 Å². The Balaban J connectivity index is 0.000000459. The van der Waals surface area contributed by atoms with Gasteiger partial charge >= 0.3 is 17.6 Å². The Morgan fingerprint density at radius 3 is 2.26 bits per heavy atom. The first-order chi connectivity index (χ1) is 8.73. The number of aromatic amines is 2. The minimum absolute atomic E-state index is 0.176. The topological polar surface area (TPSA) is 150 Å². The molecule has 0 amide bonds. The van der Waals surface area contributed by atoms with Crippen LogP contribution in [0.15, 0.2) is 27.9 Å². The summed E-state index contributed by atoms with van der Waals surface area (Å²) in [5, 5.41) is 16.1. The summed E-state index contributed by atoms with van der Waals surface area (Å²) < 4.78 is 4.54. The number of carboxylic acids is 2.